The summed E-state index contributed by atoms with van der Waals surface area (Å²) in [5, 5.41) is 17.0. The van der Waals surface area contributed by atoms with Gasteiger partial charge in [0.15, 0.2) is 5.17 Å². The molecule has 0 spiro atoms. The molecule has 0 aliphatic carbocycles. The van der Waals surface area contributed by atoms with Crippen LogP contribution in [0.25, 0.3) is 0 Å². The first-order valence-electron chi connectivity index (χ1n) is 6.22. The van der Waals surface area contributed by atoms with Gasteiger partial charge in [-0.25, -0.2) is 0 Å². The third kappa shape index (κ3) is 3.09. The van der Waals surface area contributed by atoms with Gasteiger partial charge >= 0.3 is 0 Å². The Morgan fingerprint density at radius 1 is 1.42 bits per heavy atom. The van der Waals surface area contributed by atoms with Crippen molar-refractivity contribution in [3.05, 3.63) is 35.4 Å². The molecule has 100 valence electrons. The summed E-state index contributed by atoms with van der Waals surface area (Å²) in [6.45, 7) is 1.25. The van der Waals surface area contributed by atoms with Crippen molar-refractivity contribution in [2.24, 2.45) is 5.73 Å². The lowest BCUT2D eigenvalue weighted by molar-refractivity contribution is 0.0673. The van der Waals surface area contributed by atoms with Gasteiger partial charge in [0.2, 0.25) is 0 Å². The van der Waals surface area contributed by atoms with Crippen LogP contribution < -0.4 is 5.73 Å². The topological polar surface area (TPSA) is 82.9 Å². The van der Waals surface area contributed by atoms with Gasteiger partial charge in [-0.1, -0.05) is 36.0 Å². The number of nitrogens with zero attached hydrogens (tertiary/aromatic N) is 1. The number of rotatable bonds is 3. The van der Waals surface area contributed by atoms with Crippen LogP contribution in [0.3, 0.4) is 0 Å². The average Bonchev–Trinajstić information content (AvgIpc) is 2.46. The highest BCUT2D eigenvalue weighted by atomic mass is 32.2. The van der Waals surface area contributed by atoms with E-state index < -0.39 is 5.41 Å². The molecular weight excluding hydrogens is 258 g/mol. The van der Waals surface area contributed by atoms with E-state index in [1.54, 1.807) is 0 Å². The molecule has 1 heterocycles. The van der Waals surface area contributed by atoms with E-state index in [2.05, 4.69) is 6.07 Å². The van der Waals surface area contributed by atoms with Crippen molar-refractivity contribution in [2.45, 2.75) is 24.0 Å². The minimum Gasteiger partial charge on any atom is -0.381 e. The van der Waals surface area contributed by atoms with E-state index in [9.17, 15) is 5.26 Å². The zero-order valence-corrected chi connectivity index (χ0v) is 11.5. The Morgan fingerprint density at radius 2 is 2.11 bits per heavy atom. The molecule has 1 saturated heterocycles. The van der Waals surface area contributed by atoms with Crippen molar-refractivity contribution in [1.82, 2.24) is 0 Å². The van der Waals surface area contributed by atoms with Crippen molar-refractivity contribution in [3.63, 3.8) is 0 Å². The maximum absolute atomic E-state index is 9.62. The molecule has 19 heavy (non-hydrogen) atoms. The van der Waals surface area contributed by atoms with Crippen molar-refractivity contribution in [2.75, 3.05) is 13.2 Å². The number of nitrogens with two attached hydrogens (primary N) is 1. The van der Waals surface area contributed by atoms with Crippen LogP contribution in [0.5, 0.6) is 0 Å². The number of nitriles is 1. The van der Waals surface area contributed by atoms with Gasteiger partial charge in [-0.3, -0.25) is 5.41 Å². The highest BCUT2D eigenvalue weighted by molar-refractivity contribution is 8.13. The fourth-order valence-corrected chi connectivity index (χ4v) is 2.99. The summed E-state index contributed by atoms with van der Waals surface area (Å²) in [6.07, 6.45) is 1.45. The van der Waals surface area contributed by atoms with Crippen LogP contribution in [0.15, 0.2) is 24.3 Å². The molecule has 3 N–H and O–H groups in total. The summed E-state index contributed by atoms with van der Waals surface area (Å²) < 4.78 is 5.38. The number of benzene rings is 1. The first-order chi connectivity index (χ1) is 9.18. The minimum atomic E-state index is -0.452. The van der Waals surface area contributed by atoms with Crippen LogP contribution in [0.1, 0.15) is 24.0 Å². The average molecular weight is 275 g/mol. The number of hydrogen-bond acceptors (Lipinski definition) is 4. The van der Waals surface area contributed by atoms with Gasteiger partial charge in [0, 0.05) is 19.0 Å². The Labute approximate surface area is 117 Å². The zero-order chi connectivity index (χ0) is 13.7. The zero-order valence-electron chi connectivity index (χ0n) is 10.7. The lowest BCUT2D eigenvalue weighted by atomic mass is 9.74. The number of ether oxygens (including phenoxy) is 1. The highest BCUT2D eigenvalue weighted by Crippen LogP contribution is 2.37. The molecule has 0 radical (unpaired) electrons. The Hall–Kier alpha value is -1.51. The summed E-state index contributed by atoms with van der Waals surface area (Å²) in [5.41, 5.74) is 7.10. The van der Waals surface area contributed by atoms with Crippen LogP contribution in [0, 0.1) is 16.7 Å². The summed E-state index contributed by atoms with van der Waals surface area (Å²) >= 11 is 1.29. The molecule has 1 aromatic carbocycles. The van der Waals surface area contributed by atoms with Crippen LogP contribution in [0.4, 0.5) is 0 Å². The lowest BCUT2D eigenvalue weighted by Crippen LogP contribution is -2.33. The van der Waals surface area contributed by atoms with Crippen molar-refractivity contribution in [1.29, 1.82) is 10.7 Å². The van der Waals surface area contributed by atoms with Crippen LogP contribution in [0.2, 0.25) is 0 Å². The predicted molar refractivity (Wildman–Crippen MR) is 77.0 cm³/mol. The Morgan fingerprint density at radius 3 is 2.74 bits per heavy atom. The SMILES string of the molecule is N#CC1(c2ccccc2CSC(=N)N)CCOCC1. The van der Waals surface area contributed by atoms with E-state index in [1.807, 2.05) is 24.3 Å². The molecule has 1 aliphatic heterocycles. The van der Waals surface area contributed by atoms with E-state index in [0.717, 1.165) is 24.0 Å². The molecule has 0 saturated carbocycles. The molecule has 0 unspecified atom stereocenters. The fraction of sp³-hybridized carbons (Fsp3) is 0.429. The molecule has 4 nitrogen and oxygen atoms in total. The smallest absolute Gasteiger partial charge is 0.151 e. The van der Waals surface area contributed by atoms with Gasteiger partial charge < -0.3 is 10.5 Å². The molecule has 5 heteroatoms. The molecule has 2 rings (SSSR count). The van der Waals surface area contributed by atoms with Gasteiger partial charge in [0.25, 0.3) is 0 Å². The molecule has 1 aromatic rings. The lowest BCUT2D eigenvalue weighted by Gasteiger charge is -2.32. The standard InChI is InChI=1S/C14H17N3OS/c15-10-14(5-7-18-8-6-14)12-4-2-1-3-11(12)9-19-13(16)17/h1-4H,5-9H2,(H3,16,17). The molecule has 0 amide bonds. The van der Waals surface area contributed by atoms with Gasteiger partial charge in [0.1, 0.15) is 0 Å². The molecular formula is C14H17N3OS. The largest absolute Gasteiger partial charge is 0.381 e. The van der Waals surface area contributed by atoms with Crippen molar-refractivity contribution >= 4 is 16.9 Å². The molecule has 0 bridgehead atoms. The maximum Gasteiger partial charge on any atom is 0.151 e. The Kier molecular flexibility index (Phi) is 4.46. The summed E-state index contributed by atoms with van der Waals surface area (Å²) in [7, 11) is 0. The Bertz CT molecular complexity index is 504. The van der Waals surface area contributed by atoms with Gasteiger partial charge in [-0.2, -0.15) is 5.26 Å². The first-order valence-corrected chi connectivity index (χ1v) is 7.21. The second-order valence-corrected chi connectivity index (χ2v) is 5.63. The first kappa shape index (κ1) is 13.9. The predicted octanol–water partition coefficient (Wildman–Crippen LogP) is 2.39. The number of thioether (sulfide) groups is 1. The third-order valence-electron chi connectivity index (χ3n) is 3.48. The summed E-state index contributed by atoms with van der Waals surface area (Å²) in [4.78, 5) is 0. The van der Waals surface area contributed by atoms with E-state index >= 15 is 0 Å². The third-order valence-corrected chi connectivity index (χ3v) is 4.24. The normalized spacial score (nSPS) is 17.6. The second-order valence-electron chi connectivity index (χ2n) is 4.62. The molecule has 1 fully saturated rings. The van der Waals surface area contributed by atoms with Crippen LogP contribution >= 0.6 is 11.8 Å². The minimum absolute atomic E-state index is 0.104. The number of hydrogen-bond donors (Lipinski definition) is 2. The van der Waals surface area contributed by atoms with E-state index in [4.69, 9.17) is 15.9 Å². The van der Waals surface area contributed by atoms with Crippen molar-refractivity contribution < 1.29 is 4.74 Å². The van der Waals surface area contributed by atoms with E-state index in [-0.39, 0.29) is 5.17 Å². The van der Waals surface area contributed by atoms with Crippen LogP contribution in [-0.2, 0) is 15.9 Å². The molecule has 0 atom stereocenters. The highest BCUT2D eigenvalue weighted by Gasteiger charge is 2.36. The maximum atomic E-state index is 9.62. The van der Waals surface area contributed by atoms with Gasteiger partial charge in [0.05, 0.1) is 11.5 Å². The van der Waals surface area contributed by atoms with E-state index in [0.29, 0.717) is 19.0 Å². The quantitative estimate of drug-likeness (QED) is 0.655. The van der Waals surface area contributed by atoms with E-state index in [1.165, 1.54) is 11.8 Å². The van der Waals surface area contributed by atoms with Gasteiger partial charge in [-0.05, 0) is 24.0 Å². The van der Waals surface area contributed by atoms with Crippen LogP contribution in [-0.4, -0.2) is 18.4 Å². The van der Waals surface area contributed by atoms with Crippen molar-refractivity contribution in [3.8, 4) is 6.07 Å². The summed E-state index contributed by atoms with van der Waals surface area (Å²) in [5.74, 6) is 0.635. The number of amidine groups is 1. The monoisotopic (exact) mass is 275 g/mol. The van der Waals surface area contributed by atoms with Gasteiger partial charge in [-0.15, -0.1) is 0 Å². The second kappa shape index (κ2) is 6.09. The fourth-order valence-electron chi connectivity index (χ4n) is 2.43. The Balaban J connectivity index is 2.32. The molecule has 0 aromatic heterocycles. The summed E-state index contributed by atoms with van der Waals surface area (Å²) in [6, 6.07) is 10.4. The molecule has 1 aliphatic rings. The number of nitrogens with one attached hydrogen (secondary N) is 1.